The molecule has 0 bridgehead atoms. The summed E-state index contributed by atoms with van der Waals surface area (Å²) < 4.78 is 4.25. The van der Waals surface area contributed by atoms with E-state index in [-0.39, 0.29) is 5.41 Å². The molecule has 1 heteroatoms. The molecule has 0 aliphatic carbocycles. The number of methoxy groups -OCH3 is 1. The monoisotopic (exact) mass is 312 g/mol. The molecule has 2 aromatic carbocycles. The third kappa shape index (κ3) is 6.83. The molecule has 0 spiro atoms. The number of rotatable bonds is 2. The van der Waals surface area contributed by atoms with E-state index in [1.807, 2.05) is 0 Å². The molecule has 0 saturated heterocycles. The van der Waals surface area contributed by atoms with Crippen LogP contribution >= 0.6 is 0 Å². The lowest BCUT2D eigenvalue weighted by molar-refractivity contribution is 0.277. The lowest BCUT2D eigenvalue weighted by Crippen LogP contribution is -2.16. The van der Waals surface area contributed by atoms with E-state index in [0.717, 1.165) is 0 Å². The van der Waals surface area contributed by atoms with Gasteiger partial charge in [0.1, 0.15) is 0 Å². The third-order valence-electron chi connectivity index (χ3n) is 3.81. The van der Waals surface area contributed by atoms with Gasteiger partial charge in [-0.3, -0.25) is 0 Å². The van der Waals surface area contributed by atoms with Crippen molar-refractivity contribution in [3.8, 4) is 11.1 Å². The SMILES string of the molecule is C=C.CC(c1ccccc1-c1ccccc1)C(C)(C)C.COC. The topological polar surface area (TPSA) is 9.23 Å². The van der Waals surface area contributed by atoms with Crippen LogP contribution in [0.15, 0.2) is 67.8 Å². The van der Waals surface area contributed by atoms with E-state index in [4.69, 9.17) is 0 Å². The Bertz CT molecular complexity index is 537. The maximum Gasteiger partial charge on any atom is 0.0351 e. The lowest BCUT2D eigenvalue weighted by Gasteiger charge is -2.29. The van der Waals surface area contributed by atoms with Gasteiger partial charge in [-0.05, 0) is 28.0 Å². The van der Waals surface area contributed by atoms with Crippen molar-refractivity contribution in [2.75, 3.05) is 14.2 Å². The van der Waals surface area contributed by atoms with Crippen LogP contribution in [0.25, 0.3) is 11.1 Å². The standard InChI is InChI=1S/C18H22.C2H6O.C2H4/c1-14(18(2,3)4)16-12-8-9-13-17(16)15-10-6-5-7-11-15;1-3-2;1-2/h5-14H,1-4H3;1-2H3;1-2H2. The Morgan fingerprint density at radius 3 is 1.74 bits per heavy atom. The second-order valence-corrected chi connectivity index (χ2v) is 6.45. The highest BCUT2D eigenvalue weighted by Crippen LogP contribution is 2.39. The van der Waals surface area contributed by atoms with E-state index in [9.17, 15) is 0 Å². The van der Waals surface area contributed by atoms with Crippen LogP contribution in [0, 0.1) is 5.41 Å². The minimum atomic E-state index is 0.283. The number of ether oxygens (including phenoxy) is 1. The average Bonchev–Trinajstić information content (AvgIpc) is 2.57. The Morgan fingerprint density at radius 2 is 1.26 bits per heavy atom. The molecule has 23 heavy (non-hydrogen) atoms. The molecule has 126 valence electrons. The van der Waals surface area contributed by atoms with Gasteiger partial charge in [0.25, 0.3) is 0 Å². The first-order valence-electron chi connectivity index (χ1n) is 7.96. The zero-order chi connectivity index (χ0) is 17.9. The van der Waals surface area contributed by atoms with Gasteiger partial charge in [0.15, 0.2) is 0 Å². The van der Waals surface area contributed by atoms with Crippen molar-refractivity contribution >= 4 is 0 Å². The van der Waals surface area contributed by atoms with Crippen molar-refractivity contribution < 1.29 is 4.74 Å². The van der Waals surface area contributed by atoms with E-state index in [2.05, 4.69) is 100 Å². The lowest BCUT2D eigenvalue weighted by atomic mass is 9.75. The number of benzene rings is 2. The van der Waals surface area contributed by atoms with Crippen LogP contribution in [-0.4, -0.2) is 14.2 Å². The van der Waals surface area contributed by atoms with Crippen molar-refractivity contribution in [2.45, 2.75) is 33.6 Å². The molecule has 1 unspecified atom stereocenters. The fraction of sp³-hybridized carbons (Fsp3) is 0.364. The minimum Gasteiger partial charge on any atom is -0.388 e. The highest BCUT2D eigenvalue weighted by atomic mass is 16.4. The first-order chi connectivity index (χ1) is 10.9. The normalized spacial score (nSPS) is 11.4. The smallest absolute Gasteiger partial charge is 0.0351 e. The first-order valence-corrected chi connectivity index (χ1v) is 7.96. The summed E-state index contributed by atoms with van der Waals surface area (Å²) in [5, 5.41) is 0. The van der Waals surface area contributed by atoms with Crippen molar-refractivity contribution in [1.29, 1.82) is 0 Å². The van der Waals surface area contributed by atoms with Gasteiger partial charge in [-0.15, -0.1) is 13.2 Å². The van der Waals surface area contributed by atoms with Crippen molar-refractivity contribution in [2.24, 2.45) is 5.41 Å². The van der Waals surface area contributed by atoms with Crippen LogP contribution in [0.2, 0.25) is 0 Å². The van der Waals surface area contributed by atoms with Gasteiger partial charge >= 0.3 is 0 Å². The van der Waals surface area contributed by atoms with Crippen molar-refractivity contribution in [3.05, 3.63) is 73.3 Å². The van der Waals surface area contributed by atoms with Gasteiger partial charge in [0.2, 0.25) is 0 Å². The van der Waals surface area contributed by atoms with Crippen LogP contribution in [0.4, 0.5) is 0 Å². The Morgan fingerprint density at radius 1 is 0.826 bits per heavy atom. The molecule has 0 aliphatic heterocycles. The van der Waals surface area contributed by atoms with Gasteiger partial charge in [-0.2, -0.15) is 0 Å². The molecule has 2 rings (SSSR count). The highest BCUT2D eigenvalue weighted by Gasteiger charge is 2.23. The van der Waals surface area contributed by atoms with Gasteiger partial charge < -0.3 is 4.74 Å². The van der Waals surface area contributed by atoms with Crippen LogP contribution in [0.1, 0.15) is 39.2 Å². The molecule has 0 radical (unpaired) electrons. The van der Waals surface area contributed by atoms with Crippen LogP contribution in [0.5, 0.6) is 0 Å². The summed E-state index contributed by atoms with van der Waals surface area (Å²) in [6, 6.07) is 19.4. The van der Waals surface area contributed by atoms with E-state index in [0.29, 0.717) is 5.92 Å². The molecule has 0 heterocycles. The van der Waals surface area contributed by atoms with Gasteiger partial charge in [-0.1, -0.05) is 82.3 Å². The second kappa shape index (κ2) is 10.8. The van der Waals surface area contributed by atoms with Crippen LogP contribution < -0.4 is 0 Å². The molecule has 0 fully saturated rings. The minimum absolute atomic E-state index is 0.283. The molecule has 0 aromatic heterocycles. The van der Waals surface area contributed by atoms with E-state index >= 15 is 0 Å². The second-order valence-electron chi connectivity index (χ2n) is 6.45. The van der Waals surface area contributed by atoms with Crippen molar-refractivity contribution in [1.82, 2.24) is 0 Å². The maximum absolute atomic E-state index is 4.25. The Balaban J connectivity index is 0.000000868. The summed E-state index contributed by atoms with van der Waals surface area (Å²) >= 11 is 0. The Labute approximate surface area is 143 Å². The van der Waals surface area contributed by atoms with Gasteiger partial charge in [-0.25, -0.2) is 0 Å². The largest absolute Gasteiger partial charge is 0.388 e. The summed E-state index contributed by atoms with van der Waals surface area (Å²) in [5.74, 6) is 0.536. The quantitative estimate of drug-likeness (QED) is 0.570. The molecule has 0 aliphatic rings. The predicted molar refractivity (Wildman–Crippen MR) is 104 cm³/mol. The summed E-state index contributed by atoms with van der Waals surface area (Å²) in [5.41, 5.74) is 4.39. The van der Waals surface area contributed by atoms with E-state index < -0.39 is 0 Å². The summed E-state index contributed by atoms with van der Waals surface area (Å²) in [4.78, 5) is 0. The van der Waals surface area contributed by atoms with Gasteiger partial charge in [0, 0.05) is 14.2 Å². The third-order valence-corrected chi connectivity index (χ3v) is 3.81. The van der Waals surface area contributed by atoms with E-state index in [1.54, 1.807) is 14.2 Å². The Kier molecular flexibility index (Phi) is 9.92. The van der Waals surface area contributed by atoms with Gasteiger partial charge in [0.05, 0.1) is 0 Å². The van der Waals surface area contributed by atoms with Crippen molar-refractivity contribution in [3.63, 3.8) is 0 Å². The predicted octanol–water partition coefficient (Wildman–Crippen LogP) is 6.57. The van der Waals surface area contributed by atoms with E-state index in [1.165, 1.54) is 16.7 Å². The summed E-state index contributed by atoms with van der Waals surface area (Å²) in [7, 11) is 3.25. The zero-order valence-corrected chi connectivity index (χ0v) is 15.6. The molecule has 1 nitrogen and oxygen atoms in total. The number of hydrogen-bond acceptors (Lipinski definition) is 1. The molecule has 0 saturated carbocycles. The Hall–Kier alpha value is -1.86. The molecule has 2 aromatic rings. The number of hydrogen-bond donors (Lipinski definition) is 0. The fourth-order valence-corrected chi connectivity index (χ4v) is 2.22. The van der Waals surface area contributed by atoms with Crippen LogP contribution in [-0.2, 0) is 4.74 Å². The van der Waals surface area contributed by atoms with Crippen LogP contribution in [0.3, 0.4) is 0 Å². The first kappa shape index (κ1) is 21.1. The molecule has 0 N–H and O–H groups in total. The maximum atomic E-state index is 4.25. The molecule has 1 atom stereocenters. The molecular weight excluding hydrogens is 280 g/mol. The summed E-state index contributed by atoms with van der Waals surface area (Å²) in [6.07, 6.45) is 0. The highest BCUT2D eigenvalue weighted by molar-refractivity contribution is 5.68. The average molecular weight is 312 g/mol. The fourth-order valence-electron chi connectivity index (χ4n) is 2.22. The summed E-state index contributed by atoms with van der Waals surface area (Å²) in [6.45, 7) is 15.2. The zero-order valence-electron chi connectivity index (χ0n) is 15.6. The molecular formula is C22H32O. The molecule has 0 amide bonds.